The smallest absolute Gasteiger partial charge is 0.240 e. The van der Waals surface area contributed by atoms with E-state index < -0.39 is 10.0 Å². The van der Waals surface area contributed by atoms with Crippen molar-refractivity contribution in [1.29, 1.82) is 0 Å². The van der Waals surface area contributed by atoms with Crippen molar-refractivity contribution in [3.05, 3.63) is 29.8 Å². The average molecular weight is 296 g/mol. The lowest BCUT2D eigenvalue weighted by Crippen LogP contribution is -2.37. The summed E-state index contributed by atoms with van der Waals surface area (Å²) in [6.07, 6.45) is 4.57. The monoisotopic (exact) mass is 296 g/mol. The van der Waals surface area contributed by atoms with Gasteiger partial charge >= 0.3 is 0 Å². The molecule has 0 saturated heterocycles. The molecule has 0 radical (unpaired) electrons. The van der Waals surface area contributed by atoms with Crippen LogP contribution in [0.15, 0.2) is 29.2 Å². The summed E-state index contributed by atoms with van der Waals surface area (Å²) in [7, 11) is -3.41. The number of nitrogens with two attached hydrogens (primary N) is 1. The van der Waals surface area contributed by atoms with Gasteiger partial charge in [0.15, 0.2) is 0 Å². The molecule has 1 aromatic rings. The van der Waals surface area contributed by atoms with E-state index >= 15 is 0 Å². The molecule has 0 aromatic heterocycles. The molecule has 0 spiro atoms. The topological polar surface area (TPSA) is 72.2 Å². The van der Waals surface area contributed by atoms with Crippen molar-refractivity contribution in [2.75, 3.05) is 13.1 Å². The summed E-state index contributed by atoms with van der Waals surface area (Å²) in [5.74, 6) is 0.816. The first kappa shape index (κ1) is 15.5. The highest BCUT2D eigenvalue weighted by Crippen LogP contribution is 2.29. The van der Waals surface area contributed by atoms with Crippen molar-refractivity contribution >= 4 is 10.0 Å². The summed E-state index contributed by atoms with van der Waals surface area (Å²) < 4.78 is 27.5. The standard InChI is InChI=1S/C15H24N2O2S/c1-12-6-2-5-9-15(12)20(18,19)17-11-14-8-4-3-7-13(14)10-16/h2,5-6,9,13-14,17H,3-4,7-8,10-11,16H2,1H3. The Balaban J connectivity index is 2.04. The molecule has 1 saturated carbocycles. The summed E-state index contributed by atoms with van der Waals surface area (Å²) in [6.45, 7) is 2.97. The highest BCUT2D eigenvalue weighted by Gasteiger charge is 2.26. The van der Waals surface area contributed by atoms with Gasteiger partial charge in [0.05, 0.1) is 4.90 Å². The zero-order valence-electron chi connectivity index (χ0n) is 12.0. The molecule has 5 heteroatoms. The molecular formula is C15H24N2O2S. The van der Waals surface area contributed by atoms with Crippen LogP contribution in [0.5, 0.6) is 0 Å². The number of rotatable bonds is 5. The Bertz CT molecular complexity index is 543. The largest absolute Gasteiger partial charge is 0.330 e. The number of sulfonamides is 1. The normalized spacial score (nSPS) is 23.7. The van der Waals surface area contributed by atoms with Crippen molar-refractivity contribution in [3.63, 3.8) is 0 Å². The molecule has 0 bridgehead atoms. The Morgan fingerprint density at radius 3 is 2.50 bits per heavy atom. The fourth-order valence-electron chi connectivity index (χ4n) is 3.02. The van der Waals surface area contributed by atoms with Crippen LogP contribution in [-0.2, 0) is 10.0 Å². The van der Waals surface area contributed by atoms with E-state index in [2.05, 4.69) is 4.72 Å². The van der Waals surface area contributed by atoms with E-state index in [1.807, 2.05) is 19.1 Å². The Hall–Kier alpha value is -0.910. The van der Waals surface area contributed by atoms with Gasteiger partial charge in [0, 0.05) is 6.54 Å². The van der Waals surface area contributed by atoms with E-state index in [9.17, 15) is 8.42 Å². The van der Waals surface area contributed by atoms with Crippen LogP contribution in [-0.4, -0.2) is 21.5 Å². The van der Waals surface area contributed by atoms with Crippen LogP contribution in [0.4, 0.5) is 0 Å². The van der Waals surface area contributed by atoms with Crippen LogP contribution < -0.4 is 10.5 Å². The maximum Gasteiger partial charge on any atom is 0.240 e. The lowest BCUT2D eigenvalue weighted by atomic mass is 9.79. The van der Waals surface area contributed by atoms with Crippen LogP contribution in [0.25, 0.3) is 0 Å². The van der Waals surface area contributed by atoms with Crippen LogP contribution in [0.2, 0.25) is 0 Å². The molecule has 112 valence electrons. The van der Waals surface area contributed by atoms with Crippen LogP contribution in [0, 0.1) is 18.8 Å². The molecule has 1 aliphatic rings. The number of hydrogen-bond donors (Lipinski definition) is 2. The molecule has 1 aliphatic carbocycles. The molecular weight excluding hydrogens is 272 g/mol. The third-order valence-electron chi connectivity index (χ3n) is 4.29. The third kappa shape index (κ3) is 3.59. The summed E-state index contributed by atoms with van der Waals surface area (Å²) in [6, 6.07) is 7.07. The summed E-state index contributed by atoms with van der Waals surface area (Å²) in [4.78, 5) is 0.375. The van der Waals surface area contributed by atoms with Gasteiger partial charge in [-0.05, 0) is 49.8 Å². The Labute approximate surface area is 121 Å². The molecule has 0 heterocycles. The average Bonchev–Trinajstić information content (AvgIpc) is 2.46. The molecule has 1 fully saturated rings. The number of aryl methyl sites for hydroxylation is 1. The van der Waals surface area contributed by atoms with Gasteiger partial charge in [-0.15, -0.1) is 0 Å². The van der Waals surface area contributed by atoms with Crippen LogP contribution >= 0.6 is 0 Å². The Morgan fingerprint density at radius 2 is 1.85 bits per heavy atom. The van der Waals surface area contributed by atoms with Gasteiger partial charge in [-0.2, -0.15) is 0 Å². The molecule has 20 heavy (non-hydrogen) atoms. The second-order valence-corrected chi connectivity index (χ2v) is 7.39. The van der Waals surface area contributed by atoms with Gasteiger partial charge in [0.25, 0.3) is 0 Å². The van der Waals surface area contributed by atoms with Crippen molar-refractivity contribution in [2.45, 2.75) is 37.5 Å². The Kier molecular flexibility index (Phi) is 5.18. The second kappa shape index (κ2) is 6.70. The summed E-state index contributed by atoms with van der Waals surface area (Å²) in [5.41, 5.74) is 6.57. The summed E-state index contributed by atoms with van der Waals surface area (Å²) >= 11 is 0. The van der Waals surface area contributed by atoms with Gasteiger partial charge in [-0.1, -0.05) is 31.0 Å². The third-order valence-corrected chi connectivity index (χ3v) is 5.87. The minimum absolute atomic E-state index is 0.368. The minimum Gasteiger partial charge on any atom is -0.330 e. The van der Waals surface area contributed by atoms with E-state index in [0.717, 1.165) is 18.4 Å². The molecule has 0 amide bonds. The fourth-order valence-corrected chi connectivity index (χ4v) is 4.35. The van der Waals surface area contributed by atoms with Crippen molar-refractivity contribution in [2.24, 2.45) is 17.6 Å². The predicted molar refractivity (Wildman–Crippen MR) is 80.9 cm³/mol. The number of hydrogen-bond acceptors (Lipinski definition) is 3. The highest BCUT2D eigenvalue weighted by atomic mass is 32.2. The van der Waals surface area contributed by atoms with Gasteiger partial charge in [-0.3, -0.25) is 0 Å². The van der Waals surface area contributed by atoms with Gasteiger partial charge < -0.3 is 5.73 Å². The molecule has 4 nitrogen and oxygen atoms in total. The quantitative estimate of drug-likeness (QED) is 0.873. The lowest BCUT2D eigenvalue weighted by molar-refractivity contribution is 0.244. The van der Waals surface area contributed by atoms with Crippen molar-refractivity contribution < 1.29 is 8.42 Å². The van der Waals surface area contributed by atoms with Crippen molar-refractivity contribution in [3.8, 4) is 0 Å². The Morgan fingerprint density at radius 1 is 1.20 bits per heavy atom. The first-order valence-corrected chi connectivity index (χ1v) is 8.78. The molecule has 3 N–H and O–H groups in total. The molecule has 2 rings (SSSR count). The zero-order chi connectivity index (χ0) is 14.6. The summed E-state index contributed by atoms with van der Waals surface area (Å²) in [5, 5.41) is 0. The zero-order valence-corrected chi connectivity index (χ0v) is 12.8. The second-order valence-electron chi connectivity index (χ2n) is 5.66. The van der Waals surface area contributed by atoms with Gasteiger partial charge in [0.1, 0.15) is 0 Å². The van der Waals surface area contributed by atoms with E-state index in [0.29, 0.717) is 29.8 Å². The van der Waals surface area contributed by atoms with Gasteiger partial charge in [0.2, 0.25) is 10.0 Å². The molecule has 2 atom stereocenters. The predicted octanol–water partition coefficient (Wildman–Crippen LogP) is 2.04. The highest BCUT2D eigenvalue weighted by molar-refractivity contribution is 7.89. The fraction of sp³-hybridized carbons (Fsp3) is 0.600. The van der Waals surface area contributed by atoms with E-state index in [-0.39, 0.29) is 0 Å². The first-order valence-electron chi connectivity index (χ1n) is 7.30. The van der Waals surface area contributed by atoms with E-state index in [4.69, 9.17) is 5.73 Å². The van der Waals surface area contributed by atoms with E-state index in [1.54, 1.807) is 12.1 Å². The first-order chi connectivity index (χ1) is 9.54. The SMILES string of the molecule is Cc1ccccc1S(=O)(=O)NCC1CCCCC1CN. The van der Waals surface area contributed by atoms with Crippen LogP contribution in [0.3, 0.4) is 0 Å². The molecule has 0 aliphatic heterocycles. The van der Waals surface area contributed by atoms with Gasteiger partial charge in [-0.25, -0.2) is 13.1 Å². The minimum atomic E-state index is -3.41. The maximum absolute atomic E-state index is 12.3. The number of benzene rings is 1. The van der Waals surface area contributed by atoms with E-state index in [1.165, 1.54) is 12.8 Å². The molecule has 1 aromatic carbocycles. The van der Waals surface area contributed by atoms with Crippen LogP contribution in [0.1, 0.15) is 31.2 Å². The maximum atomic E-state index is 12.3. The van der Waals surface area contributed by atoms with Crippen molar-refractivity contribution in [1.82, 2.24) is 4.72 Å². The molecule has 2 unspecified atom stereocenters. The lowest BCUT2D eigenvalue weighted by Gasteiger charge is -2.30. The number of nitrogens with one attached hydrogen (secondary N) is 1.